The first-order valence-electron chi connectivity index (χ1n) is 5.63. The Morgan fingerprint density at radius 2 is 2.33 bits per heavy atom. The maximum absolute atomic E-state index is 10.7. The van der Waals surface area contributed by atoms with Crippen molar-refractivity contribution in [2.75, 3.05) is 5.32 Å². The highest BCUT2D eigenvalue weighted by Gasteiger charge is 2.06. The quantitative estimate of drug-likeness (QED) is 0.869. The lowest BCUT2D eigenvalue weighted by Crippen LogP contribution is -2.17. The molecule has 0 saturated carbocycles. The van der Waals surface area contributed by atoms with Gasteiger partial charge in [-0.05, 0) is 30.5 Å². The van der Waals surface area contributed by atoms with Gasteiger partial charge in [0.2, 0.25) is 0 Å². The van der Waals surface area contributed by atoms with Gasteiger partial charge >= 0.3 is 5.97 Å². The number of carboxylic acid groups (broad SMARTS) is 1. The molecule has 0 spiro atoms. The zero-order chi connectivity index (χ0) is 13.0. The number of aromatic carboxylic acids is 1. The fourth-order valence-corrected chi connectivity index (χ4v) is 2.51. The average Bonchev–Trinajstić information content (AvgIpc) is 2.82. The molecule has 5 heteroatoms. The van der Waals surface area contributed by atoms with Crippen LogP contribution in [0.15, 0.2) is 35.8 Å². The Balaban J connectivity index is 1.94. The number of carboxylic acids is 1. The van der Waals surface area contributed by atoms with Crippen LogP contribution in [0.1, 0.15) is 22.3 Å². The van der Waals surface area contributed by atoms with E-state index >= 15 is 0 Å². The Bertz CT molecular complexity index is 508. The number of carbonyl (C=O) groups is 1. The molecule has 2 heterocycles. The fourth-order valence-electron chi connectivity index (χ4n) is 1.67. The molecule has 0 amide bonds. The molecule has 4 nitrogen and oxygen atoms in total. The van der Waals surface area contributed by atoms with E-state index in [9.17, 15) is 4.79 Å². The molecule has 18 heavy (non-hydrogen) atoms. The number of rotatable bonds is 5. The van der Waals surface area contributed by atoms with E-state index in [2.05, 4.69) is 28.7 Å². The van der Waals surface area contributed by atoms with E-state index in [1.165, 1.54) is 10.9 Å². The van der Waals surface area contributed by atoms with Crippen LogP contribution in [0.2, 0.25) is 0 Å². The molecule has 0 bridgehead atoms. The summed E-state index contributed by atoms with van der Waals surface area (Å²) in [6.45, 7) is 2.09. The van der Waals surface area contributed by atoms with E-state index in [0.717, 1.165) is 12.1 Å². The SMILES string of the molecule is CC(Cc1cccs1)Nc1ccc(C(=O)O)nc1. The van der Waals surface area contributed by atoms with Gasteiger partial charge in [0.1, 0.15) is 5.69 Å². The molecule has 0 aliphatic rings. The van der Waals surface area contributed by atoms with E-state index < -0.39 is 5.97 Å². The van der Waals surface area contributed by atoms with Crippen molar-refractivity contribution in [3.63, 3.8) is 0 Å². The highest BCUT2D eigenvalue weighted by Crippen LogP contribution is 2.14. The Morgan fingerprint density at radius 1 is 1.50 bits per heavy atom. The van der Waals surface area contributed by atoms with Gasteiger partial charge in [0.05, 0.1) is 11.9 Å². The predicted molar refractivity (Wildman–Crippen MR) is 72.3 cm³/mol. The van der Waals surface area contributed by atoms with Gasteiger partial charge in [0.25, 0.3) is 0 Å². The summed E-state index contributed by atoms with van der Waals surface area (Å²) in [7, 11) is 0. The van der Waals surface area contributed by atoms with E-state index in [1.807, 2.05) is 6.07 Å². The van der Waals surface area contributed by atoms with Gasteiger partial charge in [-0.2, -0.15) is 0 Å². The molecule has 0 aromatic carbocycles. The second-order valence-electron chi connectivity index (χ2n) is 4.07. The Hall–Kier alpha value is -1.88. The average molecular weight is 262 g/mol. The molecule has 2 rings (SSSR count). The summed E-state index contributed by atoms with van der Waals surface area (Å²) < 4.78 is 0. The third-order valence-electron chi connectivity index (χ3n) is 2.48. The van der Waals surface area contributed by atoms with Gasteiger partial charge in [0, 0.05) is 17.3 Å². The van der Waals surface area contributed by atoms with Crippen molar-refractivity contribution in [2.45, 2.75) is 19.4 Å². The summed E-state index contributed by atoms with van der Waals surface area (Å²) in [6, 6.07) is 7.66. The number of aromatic nitrogens is 1. The van der Waals surface area contributed by atoms with E-state index in [4.69, 9.17) is 5.11 Å². The zero-order valence-electron chi connectivity index (χ0n) is 9.96. The first kappa shape index (κ1) is 12.6. The molecule has 94 valence electrons. The van der Waals surface area contributed by atoms with Gasteiger partial charge < -0.3 is 10.4 Å². The molecule has 0 saturated heterocycles. The normalized spacial score (nSPS) is 12.1. The Kier molecular flexibility index (Phi) is 3.94. The number of hydrogen-bond acceptors (Lipinski definition) is 4. The van der Waals surface area contributed by atoms with Gasteiger partial charge in [-0.1, -0.05) is 6.07 Å². The Morgan fingerprint density at radius 3 is 2.89 bits per heavy atom. The number of hydrogen-bond donors (Lipinski definition) is 2. The van der Waals surface area contributed by atoms with Crippen molar-refractivity contribution in [2.24, 2.45) is 0 Å². The molecule has 0 aliphatic heterocycles. The van der Waals surface area contributed by atoms with Crippen LogP contribution in [0.4, 0.5) is 5.69 Å². The van der Waals surface area contributed by atoms with Crippen molar-refractivity contribution in [1.82, 2.24) is 4.98 Å². The number of thiophene rings is 1. The molecule has 2 aromatic rings. The fraction of sp³-hybridized carbons (Fsp3) is 0.231. The number of nitrogens with zero attached hydrogens (tertiary/aromatic N) is 1. The molecule has 0 aliphatic carbocycles. The van der Waals surface area contributed by atoms with Gasteiger partial charge in [0.15, 0.2) is 0 Å². The summed E-state index contributed by atoms with van der Waals surface area (Å²) in [5, 5.41) is 14.1. The van der Waals surface area contributed by atoms with Crippen LogP contribution >= 0.6 is 11.3 Å². The highest BCUT2D eigenvalue weighted by molar-refractivity contribution is 7.09. The standard InChI is InChI=1S/C13H14N2O2S/c1-9(7-11-3-2-6-18-11)15-10-4-5-12(13(16)17)14-8-10/h2-6,8-9,15H,7H2,1H3,(H,16,17). The minimum Gasteiger partial charge on any atom is -0.477 e. The summed E-state index contributed by atoms with van der Waals surface area (Å²) in [4.78, 5) is 15.9. The molecule has 0 fully saturated rings. The van der Waals surface area contributed by atoms with Crippen LogP contribution in [0.25, 0.3) is 0 Å². The second kappa shape index (κ2) is 5.64. The van der Waals surface area contributed by atoms with Crippen molar-refractivity contribution in [1.29, 1.82) is 0 Å². The highest BCUT2D eigenvalue weighted by atomic mass is 32.1. The number of anilines is 1. The molecule has 0 radical (unpaired) electrons. The van der Waals surface area contributed by atoms with E-state index in [1.54, 1.807) is 23.6 Å². The van der Waals surface area contributed by atoms with Crippen molar-refractivity contribution >= 4 is 23.0 Å². The van der Waals surface area contributed by atoms with Gasteiger partial charge in [-0.3, -0.25) is 0 Å². The van der Waals surface area contributed by atoms with E-state index in [0.29, 0.717) is 0 Å². The van der Waals surface area contributed by atoms with Crippen LogP contribution in [-0.4, -0.2) is 22.1 Å². The van der Waals surface area contributed by atoms with Crippen molar-refractivity contribution in [3.8, 4) is 0 Å². The first-order valence-corrected chi connectivity index (χ1v) is 6.51. The maximum Gasteiger partial charge on any atom is 0.354 e. The van der Waals surface area contributed by atoms with Crippen molar-refractivity contribution < 1.29 is 9.90 Å². The van der Waals surface area contributed by atoms with Gasteiger partial charge in [-0.15, -0.1) is 11.3 Å². The molecular weight excluding hydrogens is 248 g/mol. The summed E-state index contributed by atoms with van der Waals surface area (Å²) in [5.41, 5.74) is 0.899. The minimum atomic E-state index is -1.01. The van der Waals surface area contributed by atoms with Crippen molar-refractivity contribution in [3.05, 3.63) is 46.4 Å². The molecule has 1 atom stereocenters. The van der Waals surface area contributed by atoms with Crippen LogP contribution in [0, 0.1) is 0 Å². The predicted octanol–water partition coefficient (Wildman–Crippen LogP) is 2.88. The summed E-state index contributed by atoms with van der Waals surface area (Å²) >= 11 is 1.73. The van der Waals surface area contributed by atoms with Crippen LogP contribution in [-0.2, 0) is 6.42 Å². The monoisotopic (exact) mass is 262 g/mol. The number of nitrogens with one attached hydrogen (secondary N) is 1. The molecule has 2 N–H and O–H groups in total. The maximum atomic E-state index is 10.7. The van der Waals surface area contributed by atoms with Crippen LogP contribution in [0.5, 0.6) is 0 Å². The lowest BCUT2D eigenvalue weighted by atomic mass is 10.2. The molecular formula is C13H14N2O2S. The summed E-state index contributed by atoms with van der Waals surface area (Å²) in [6.07, 6.45) is 2.49. The lowest BCUT2D eigenvalue weighted by molar-refractivity contribution is 0.0690. The topological polar surface area (TPSA) is 62.2 Å². The first-order chi connectivity index (χ1) is 8.65. The minimum absolute atomic E-state index is 0.0615. The second-order valence-corrected chi connectivity index (χ2v) is 5.10. The van der Waals surface area contributed by atoms with Crippen LogP contribution < -0.4 is 5.32 Å². The summed E-state index contributed by atoms with van der Waals surface area (Å²) in [5.74, 6) is -1.01. The largest absolute Gasteiger partial charge is 0.477 e. The Labute approximate surface area is 109 Å². The lowest BCUT2D eigenvalue weighted by Gasteiger charge is -2.14. The third-order valence-corrected chi connectivity index (χ3v) is 3.38. The number of pyridine rings is 1. The van der Waals surface area contributed by atoms with Gasteiger partial charge in [-0.25, -0.2) is 9.78 Å². The van der Waals surface area contributed by atoms with Crippen LogP contribution in [0.3, 0.4) is 0 Å². The molecule has 2 aromatic heterocycles. The smallest absolute Gasteiger partial charge is 0.354 e. The van der Waals surface area contributed by atoms with E-state index in [-0.39, 0.29) is 11.7 Å². The molecule has 1 unspecified atom stereocenters. The third kappa shape index (κ3) is 3.30. The zero-order valence-corrected chi connectivity index (χ0v) is 10.8.